The van der Waals surface area contributed by atoms with Crippen molar-refractivity contribution in [3.05, 3.63) is 24.3 Å². The third-order valence-electron chi connectivity index (χ3n) is 11.5. The summed E-state index contributed by atoms with van der Waals surface area (Å²) in [4.78, 5) is 24.4. The molecule has 0 saturated carbocycles. The highest BCUT2D eigenvalue weighted by Crippen LogP contribution is 2.16. The molecule has 0 aliphatic rings. The smallest absolute Gasteiger partial charge is 0.305 e. The summed E-state index contributed by atoms with van der Waals surface area (Å²) in [5.74, 6) is -0.0603. The van der Waals surface area contributed by atoms with Gasteiger partial charge in [0.1, 0.15) is 0 Å². The number of hydrogen-bond donors (Lipinski definition) is 3. The van der Waals surface area contributed by atoms with Crippen molar-refractivity contribution in [1.82, 2.24) is 5.32 Å². The highest BCUT2D eigenvalue weighted by molar-refractivity contribution is 5.76. The van der Waals surface area contributed by atoms with Gasteiger partial charge in [-0.3, -0.25) is 9.59 Å². The van der Waals surface area contributed by atoms with E-state index in [1.54, 1.807) is 0 Å². The molecule has 0 aromatic heterocycles. The Balaban J connectivity index is 3.42. The maximum Gasteiger partial charge on any atom is 0.305 e. The third kappa shape index (κ3) is 43.7. The Labute approximate surface area is 354 Å². The zero-order valence-corrected chi connectivity index (χ0v) is 38.1. The van der Waals surface area contributed by atoms with Crippen LogP contribution in [0.4, 0.5) is 0 Å². The molecular formula is C51H97NO5. The Bertz CT molecular complexity index is 889. The first-order valence-corrected chi connectivity index (χ1v) is 25.1. The first-order chi connectivity index (χ1) is 28.0. The molecule has 0 aliphatic heterocycles. The van der Waals surface area contributed by atoms with Crippen molar-refractivity contribution in [3.8, 4) is 0 Å². The van der Waals surface area contributed by atoms with Gasteiger partial charge in [0.05, 0.1) is 25.4 Å². The number of ether oxygens (including phenoxy) is 1. The molecule has 6 heteroatoms. The van der Waals surface area contributed by atoms with Gasteiger partial charge in [0.25, 0.3) is 0 Å². The van der Waals surface area contributed by atoms with E-state index in [0.29, 0.717) is 25.9 Å². The van der Waals surface area contributed by atoms with E-state index in [2.05, 4.69) is 43.5 Å². The molecule has 6 nitrogen and oxygen atoms in total. The van der Waals surface area contributed by atoms with Crippen molar-refractivity contribution in [2.75, 3.05) is 13.2 Å². The summed E-state index contributed by atoms with van der Waals surface area (Å²) < 4.78 is 5.46. The second-order valence-electron chi connectivity index (χ2n) is 17.1. The molecule has 0 aromatic carbocycles. The number of nitrogens with one attached hydrogen (secondary N) is 1. The van der Waals surface area contributed by atoms with Crippen molar-refractivity contribution in [2.45, 2.75) is 276 Å². The number of rotatable bonds is 46. The molecular weight excluding hydrogens is 707 g/mol. The molecule has 0 bridgehead atoms. The van der Waals surface area contributed by atoms with Crippen LogP contribution in [0.3, 0.4) is 0 Å². The predicted molar refractivity (Wildman–Crippen MR) is 246 cm³/mol. The SMILES string of the molecule is CCCCCC/C=C\C/C=C\CCCCCCCC(=O)OCCCCCCCCCCCCCCCCCC(=O)NC(CO)C(O)CCCCCCCCCCC. The molecule has 0 rings (SSSR count). The summed E-state index contributed by atoms with van der Waals surface area (Å²) in [7, 11) is 0. The van der Waals surface area contributed by atoms with Crippen molar-refractivity contribution < 1.29 is 24.5 Å². The van der Waals surface area contributed by atoms with Crippen LogP contribution in [0.25, 0.3) is 0 Å². The van der Waals surface area contributed by atoms with Crippen LogP contribution in [0, 0.1) is 0 Å². The van der Waals surface area contributed by atoms with E-state index in [9.17, 15) is 19.8 Å². The van der Waals surface area contributed by atoms with Gasteiger partial charge in [-0.25, -0.2) is 0 Å². The van der Waals surface area contributed by atoms with Crippen LogP contribution in [0.1, 0.15) is 264 Å². The number of amides is 1. The number of allylic oxidation sites excluding steroid dienone is 4. The number of carbonyl (C=O) groups is 2. The predicted octanol–water partition coefficient (Wildman–Crippen LogP) is 14.7. The van der Waals surface area contributed by atoms with Gasteiger partial charge in [-0.15, -0.1) is 0 Å². The van der Waals surface area contributed by atoms with Crippen molar-refractivity contribution >= 4 is 11.9 Å². The number of aliphatic hydroxyl groups excluding tert-OH is 2. The third-order valence-corrected chi connectivity index (χ3v) is 11.5. The summed E-state index contributed by atoms with van der Waals surface area (Å²) in [6.07, 6.45) is 54.3. The van der Waals surface area contributed by atoms with Crippen LogP contribution in [-0.2, 0) is 14.3 Å². The van der Waals surface area contributed by atoms with Gasteiger partial charge in [0.2, 0.25) is 5.91 Å². The summed E-state index contributed by atoms with van der Waals surface area (Å²) >= 11 is 0. The fourth-order valence-electron chi connectivity index (χ4n) is 7.61. The van der Waals surface area contributed by atoms with Gasteiger partial charge in [0.15, 0.2) is 0 Å². The topological polar surface area (TPSA) is 95.9 Å². The van der Waals surface area contributed by atoms with Gasteiger partial charge < -0.3 is 20.3 Å². The highest BCUT2D eigenvalue weighted by Gasteiger charge is 2.20. The number of hydrogen-bond acceptors (Lipinski definition) is 5. The molecule has 0 spiro atoms. The average molecular weight is 804 g/mol. The van der Waals surface area contributed by atoms with E-state index in [0.717, 1.165) is 57.8 Å². The Morgan fingerprint density at radius 2 is 0.877 bits per heavy atom. The lowest BCUT2D eigenvalue weighted by atomic mass is 10.0. The Hall–Kier alpha value is -1.66. The largest absolute Gasteiger partial charge is 0.466 e. The lowest BCUT2D eigenvalue weighted by molar-refractivity contribution is -0.143. The summed E-state index contributed by atoms with van der Waals surface area (Å²) in [6.45, 7) is 4.88. The van der Waals surface area contributed by atoms with E-state index in [1.165, 1.54) is 173 Å². The average Bonchev–Trinajstić information content (AvgIpc) is 3.21. The minimum absolute atomic E-state index is 0.0133. The molecule has 0 radical (unpaired) electrons. The maximum absolute atomic E-state index is 12.4. The van der Waals surface area contributed by atoms with E-state index in [1.807, 2.05) is 0 Å². The second-order valence-corrected chi connectivity index (χ2v) is 17.1. The Morgan fingerprint density at radius 3 is 1.35 bits per heavy atom. The maximum atomic E-state index is 12.4. The van der Waals surface area contributed by atoms with E-state index >= 15 is 0 Å². The quantitative estimate of drug-likeness (QED) is 0.0324. The zero-order chi connectivity index (χ0) is 41.5. The highest BCUT2D eigenvalue weighted by atomic mass is 16.5. The van der Waals surface area contributed by atoms with Crippen LogP contribution in [0.5, 0.6) is 0 Å². The molecule has 3 N–H and O–H groups in total. The minimum Gasteiger partial charge on any atom is -0.466 e. The fourth-order valence-corrected chi connectivity index (χ4v) is 7.61. The fraction of sp³-hybridized carbons (Fsp3) is 0.882. The van der Waals surface area contributed by atoms with Crippen LogP contribution in [0.15, 0.2) is 24.3 Å². The zero-order valence-electron chi connectivity index (χ0n) is 38.1. The van der Waals surface area contributed by atoms with Gasteiger partial charge in [-0.2, -0.15) is 0 Å². The van der Waals surface area contributed by atoms with Crippen molar-refractivity contribution in [3.63, 3.8) is 0 Å². The monoisotopic (exact) mass is 804 g/mol. The minimum atomic E-state index is -0.668. The van der Waals surface area contributed by atoms with Gasteiger partial charge in [-0.05, 0) is 57.8 Å². The molecule has 336 valence electrons. The van der Waals surface area contributed by atoms with E-state index < -0.39 is 12.1 Å². The molecule has 1 amide bonds. The normalized spacial score (nSPS) is 12.8. The van der Waals surface area contributed by atoms with Crippen molar-refractivity contribution in [1.29, 1.82) is 0 Å². The summed E-state index contributed by atoms with van der Waals surface area (Å²) in [5.41, 5.74) is 0. The van der Waals surface area contributed by atoms with Gasteiger partial charge >= 0.3 is 5.97 Å². The van der Waals surface area contributed by atoms with Gasteiger partial charge in [-0.1, -0.05) is 218 Å². The standard InChI is InChI=1S/C51H97NO5/c1-3-5-7-9-11-13-14-15-16-19-22-25-29-33-37-41-45-51(56)57-46-42-38-34-30-26-23-20-17-18-21-24-28-32-36-40-44-50(55)52-48(47-53)49(54)43-39-35-31-27-12-10-8-6-4-2/h13-14,16,19,48-49,53-54H,3-12,15,17-18,20-47H2,1-2H3,(H,52,55)/b14-13-,19-16-. The molecule has 0 fully saturated rings. The number of unbranched alkanes of at least 4 members (excludes halogenated alkanes) is 31. The molecule has 0 saturated heterocycles. The van der Waals surface area contributed by atoms with E-state index in [-0.39, 0.29) is 18.5 Å². The molecule has 0 aliphatic carbocycles. The molecule has 2 atom stereocenters. The number of carbonyl (C=O) groups excluding carboxylic acids is 2. The number of esters is 1. The molecule has 0 heterocycles. The first-order valence-electron chi connectivity index (χ1n) is 25.1. The lowest BCUT2D eigenvalue weighted by Gasteiger charge is -2.22. The molecule has 0 aromatic rings. The molecule has 57 heavy (non-hydrogen) atoms. The Kier molecular flexibility index (Phi) is 45.7. The lowest BCUT2D eigenvalue weighted by Crippen LogP contribution is -2.45. The van der Waals surface area contributed by atoms with Gasteiger partial charge in [0, 0.05) is 12.8 Å². The Morgan fingerprint density at radius 1 is 0.491 bits per heavy atom. The van der Waals surface area contributed by atoms with Crippen LogP contribution in [0.2, 0.25) is 0 Å². The van der Waals surface area contributed by atoms with E-state index in [4.69, 9.17) is 4.74 Å². The summed E-state index contributed by atoms with van der Waals surface area (Å²) in [6, 6.07) is -0.546. The van der Waals surface area contributed by atoms with Crippen LogP contribution in [-0.4, -0.2) is 47.4 Å². The second kappa shape index (κ2) is 47.0. The summed E-state index contributed by atoms with van der Waals surface area (Å²) in [5, 5.41) is 23.0. The molecule has 2 unspecified atom stereocenters. The van der Waals surface area contributed by atoms with Crippen LogP contribution < -0.4 is 5.32 Å². The van der Waals surface area contributed by atoms with Crippen LogP contribution >= 0.6 is 0 Å². The number of aliphatic hydroxyl groups is 2. The van der Waals surface area contributed by atoms with Crippen molar-refractivity contribution in [2.24, 2.45) is 0 Å². The first kappa shape index (κ1) is 55.3.